The molecule has 2 aliphatic rings. The van der Waals surface area contributed by atoms with Crippen LogP contribution in [0.4, 0.5) is 0 Å². The van der Waals surface area contributed by atoms with Gasteiger partial charge in [-0.3, -0.25) is 0 Å². The summed E-state index contributed by atoms with van der Waals surface area (Å²) in [5.41, 5.74) is 2.27. The van der Waals surface area contributed by atoms with E-state index in [0.29, 0.717) is 5.02 Å². The molecular weight excluding hydrogens is 310 g/mol. The molecule has 0 saturated heterocycles. The number of hydrogen-bond acceptors (Lipinski definition) is 3. The van der Waals surface area contributed by atoms with Crippen LogP contribution >= 0.6 is 34.7 Å². The zero-order valence-electron chi connectivity index (χ0n) is 10.5. The molecule has 0 aliphatic carbocycles. The van der Waals surface area contributed by atoms with Gasteiger partial charge >= 0.3 is 5.88 Å². The van der Waals surface area contributed by atoms with Crippen LogP contribution in [0.15, 0.2) is 35.9 Å². The molecule has 0 fully saturated rings. The molecule has 0 spiro atoms. The van der Waals surface area contributed by atoms with Crippen LogP contribution in [0.1, 0.15) is 6.42 Å². The fourth-order valence-corrected chi connectivity index (χ4v) is 5.29. The van der Waals surface area contributed by atoms with Crippen LogP contribution < -0.4 is 8.91 Å². The molecule has 0 unspecified atom stereocenters. The van der Waals surface area contributed by atoms with Gasteiger partial charge in [0.1, 0.15) is 0 Å². The average Bonchev–Trinajstić information content (AvgIpc) is 3.04. The van der Waals surface area contributed by atoms with E-state index in [4.69, 9.17) is 11.6 Å². The highest BCUT2D eigenvalue weighted by molar-refractivity contribution is 8.08. The van der Waals surface area contributed by atoms with Gasteiger partial charge in [0.2, 0.25) is 0 Å². The highest BCUT2D eigenvalue weighted by Gasteiger charge is 2.28. The highest BCUT2D eigenvalue weighted by Crippen LogP contribution is 2.38. The van der Waals surface area contributed by atoms with E-state index in [1.165, 1.54) is 10.5 Å². The number of thiazole rings is 1. The number of rotatable bonds is 1. The molecule has 0 amide bonds. The van der Waals surface area contributed by atoms with E-state index in [1.807, 2.05) is 46.5 Å². The topological polar surface area (TPSA) is 26.1 Å². The molecule has 4 rings (SSSR count). The fraction of sp³-hybridized carbons (Fsp3) is 0.133. The van der Waals surface area contributed by atoms with Gasteiger partial charge in [0.05, 0.1) is 11.3 Å². The van der Waals surface area contributed by atoms with E-state index in [1.54, 1.807) is 11.3 Å². The SMILES string of the molecule is Oc1c(-c2ccccc2Cl)sc2[n+]1=CCC1=CCSC=21. The third kappa shape index (κ3) is 1.75. The quantitative estimate of drug-likeness (QED) is 0.816. The molecule has 5 heteroatoms. The minimum atomic E-state index is 0.289. The Morgan fingerprint density at radius 3 is 2.95 bits per heavy atom. The molecule has 2 nitrogen and oxygen atoms in total. The number of aromatic hydroxyl groups is 1. The third-order valence-corrected chi connectivity index (χ3v) is 6.24. The van der Waals surface area contributed by atoms with Crippen molar-refractivity contribution in [2.24, 2.45) is 0 Å². The van der Waals surface area contributed by atoms with E-state index in [-0.39, 0.29) is 5.88 Å². The molecule has 1 aromatic heterocycles. The van der Waals surface area contributed by atoms with Crippen molar-refractivity contribution in [3.8, 4) is 16.3 Å². The van der Waals surface area contributed by atoms with Crippen LogP contribution in [-0.4, -0.2) is 10.9 Å². The van der Waals surface area contributed by atoms with E-state index in [9.17, 15) is 5.11 Å². The summed E-state index contributed by atoms with van der Waals surface area (Å²) in [6.45, 7) is 0. The molecule has 1 N–H and O–H groups in total. The second-order valence-electron chi connectivity index (χ2n) is 4.67. The average molecular weight is 321 g/mol. The summed E-state index contributed by atoms with van der Waals surface area (Å²) in [5, 5.41) is 11.2. The molecule has 0 atom stereocenters. The molecule has 2 aromatic rings. The molecular formula is C15H11ClNOS2+. The Hall–Kier alpha value is -1.23. The van der Waals surface area contributed by atoms with Crippen LogP contribution in [0.5, 0.6) is 5.88 Å². The summed E-state index contributed by atoms with van der Waals surface area (Å²) in [4.78, 5) is 2.13. The summed E-state index contributed by atoms with van der Waals surface area (Å²) in [5.74, 6) is 1.32. The lowest BCUT2D eigenvalue weighted by Gasteiger charge is -1.98. The molecule has 0 saturated carbocycles. The van der Waals surface area contributed by atoms with Gasteiger partial charge in [-0.25, -0.2) is 0 Å². The first-order valence-corrected chi connectivity index (χ1v) is 8.49. The third-order valence-electron chi connectivity index (χ3n) is 3.50. The normalized spacial score (nSPS) is 16.4. The number of fused-ring (bicyclic) bond motifs is 2. The van der Waals surface area contributed by atoms with Gasteiger partial charge in [-0.15, -0.1) is 16.0 Å². The largest absolute Gasteiger partial charge is 0.458 e. The number of aromatic nitrogens is 1. The van der Waals surface area contributed by atoms with E-state index >= 15 is 0 Å². The second-order valence-corrected chi connectivity index (χ2v) is 7.10. The lowest BCUT2D eigenvalue weighted by molar-refractivity contribution is -0.530. The fourth-order valence-electron chi connectivity index (χ4n) is 2.52. The molecule has 20 heavy (non-hydrogen) atoms. The maximum Gasteiger partial charge on any atom is 0.390 e. The summed E-state index contributed by atoms with van der Waals surface area (Å²) in [7, 11) is 0. The van der Waals surface area contributed by atoms with Crippen LogP contribution in [0, 0.1) is 6.21 Å². The Morgan fingerprint density at radius 2 is 2.10 bits per heavy atom. The number of halogens is 1. The van der Waals surface area contributed by atoms with Gasteiger partial charge in [0.15, 0.2) is 11.1 Å². The van der Waals surface area contributed by atoms with Crippen molar-refractivity contribution < 1.29 is 9.35 Å². The Labute approximate surface area is 129 Å². The first-order chi connectivity index (χ1) is 9.75. The van der Waals surface area contributed by atoms with Crippen molar-refractivity contribution in [2.45, 2.75) is 6.42 Å². The summed E-state index contributed by atoms with van der Waals surface area (Å²) in [6.07, 6.45) is 5.20. The lowest BCUT2D eigenvalue weighted by atomic mass is 10.1. The number of thioether (sulfide) groups is 1. The Bertz CT molecular complexity index is 866. The van der Waals surface area contributed by atoms with Crippen molar-refractivity contribution in [1.29, 1.82) is 0 Å². The zero-order chi connectivity index (χ0) is 13.7. The summed E-state index contributed by atoms with van der Waals surface area (Å²) in [6, 6.07) is 7.64. The first-order valence-electron chi connectivity index (χ1n) is 6.31. The predicted molar refractivity (Wildman–Crippen MR) is 84.5 cm³/mol. The molecule has 0 bridgehead atoms. The van der Waals surface area contributed by atoms with Crippen LogP contribution in [0.3, 0.4) is 0 Å². The maximum absolute atomic E-state index is 10.5. The Balaban J connectivity index is 2.05. The van der Waals surface area contributed by atoms with E-state index in [0.717, 1.165) is 27.3 Å². The summed E-state index contributed by atoms with van der Waals surface area (Å²) < 4.78 is 3.01. The van der Waals surface area contributed by atoms with Gasteiger partial charge < -0.3 is 5.11 Å². The number of hydrogen-bond donors (Lipinski definition) is 1. The van der Waals surface area contributed by atoms with Crippen LogP contribution in [0.25, 0.3) is 15.3 Å². The van der Waals surface area contributed by atoms with Gasteiger partial charge in [-0.1, -0.05) is 47.2 Å². The van der Waals surface area contributed by atoms with Crippen molar-refractivity contribution >= 4 is 39.6 Å². The monoisotopic (exact) mass is 320 g/mol. The smallest absolute Gasteiger partial charge is 0.390 e. The molecule has 2 aliphatic heterocycles. The second kappa shape index (κ2) is 4.65. The molecule has 1 aromatic carbocycles. The van der Waals surface area contributed by atoms with Gasteiger partial charge in [-0.2, -0.15) is 0 Å². The lowest BCUT2D eigenvalue weighted by Crippen LogP contribution is -2.36. The highest BCUT2D eigenvalue weighted by atomic mass is 35.5. The van der Waals surface area contributed by atoms with Crippen molar-refractivity contribution in [1.82, 2.24) is 0 Å². The van der Waals surface area contributed by atoms with Gasteiger partial charge in [0, 0.05) is 16.3 Å². The minimum absolute atomic E-state index is 0.289. The van der Waals surface area contributed by atoms with Crippen LogP contribution in [0.2, 0.25) is 5.02 Å². The Morgan fingerprint density at radius 1 is 1.25 bits per heavy atom. The molecule has 100 valence electrons. The number of benzene rings is 1. The van der Waals surface area contributed by atoms with Gasteiger partial charge in [0.25, 0.3) is 4.66 Å². The number of nitrogens with zero attached hydrogens (tertiary/aromatic N) is 1. The minimum Gasteiger partial charge on any atom is -0.458 e. The van der Waals surface area contributed by atoms with E-state index < -0.39 is 0 Å². The molecule has 0 radical (unpaired) electrons. The van der Waals surface area contributed by atoms with E-state index in [2.05, 4.69) is 6.08 Å². The predicted octanol–water partition coefficient (Wildman–Crippen LogP) is 3.26. The molecule has 3 heterocycles. The van der Waals surface area contributed by atoms with Gasteiger partial charge in [-0.05, 0) is 11.6 Å². The first kappa shape index (κ1) is 12.5. The standard InChI is InChI=1S/C15H10ClNOS2/c16-11-4-2-1-3-10(11)13-14(18)17-7-5-9-6-8-19-12(9)15(17)20-13/h1-4,6-7H,5,8H2/p+1. The van der Waals surface area contributed by atoms with Crippen LogP contribution in [-0.2, 0) is 0 Å². The summed E-state index contributed by atoms with van der Waals surface area (Å²) >= 11 is 9.70. The Kier molecular flexibility index (Phi) is 2.91. The maximum atomic E-state index is 10.5. The zero-order valence-corrected chi connectivity index (χ0v) is 12.9. The van der Waals surface area contributed by atoms with Crippen molar-refractivity contribution in [3.63, 3.8) is 0 Å². The van der Waals surface area contributed by atoms with Crippen molar-refractivity contribution in [3.05, 3.63) is 51.8 Å². The van der Waals surface area contributed by atoms with Crippen molar-refractivity contribution in [2.75, 3.05) is 5.75 Å².